The van der Waals surface area contributed by atoms with E-state index in [4.69, 9.17) is 61.9 Å². The molecule has 5 aliphatic rings. The largest absolute Gasteiger partial charge is 0.494 e. The summed E-state index contributed by atoms with van der Waals surface area (Å²) in [5.41, 5.74) is 36.1. The molecule has 0 fully saturated rings. The average molecular weight is 905 g/mol. The van der Waals surface area contributed by atoms with Crippen LogP contribution in [0.15, 0.2) is 188 Å². The van der Waals surface area contributed by atoms with Crippen LogP contribution in [0.5, 0.6) is 23.0 Å². The van der Waals surface area contributed by atoms with Gasteiger partial charge in [0.2, 0.25) is 0 Å². The van der Waals surface area contributed by atoms with Gasteiger partial charge in [0.15, 0.2) is 0 Å². The molecule has 0 aromatic heterocycles. The molecule has 9 rings (SSSR count). The Morgan fingerprint density at radius 2 is 0.544 bits per heavy atom. The van der Waals surface area contributed by atoms with E-state index in [2.05, 4.69) is 72.9 Å². The van der Waals surface area contributed by atoms with Crippen molar-refractivity contribution in [3.05, 3.63) is 191 Å². The number of nitrogens with zero attached hydrogens (tertiary/aromatic N) is 4. The molecule has 8 N–H and O–H groups in total. The molecule has 0 aliphatic carbocycles. The van der Waals surface area contributed by atoms with Gasteiger partial charge in [0.1, 0.15) is 23.0 Å². The van der Waals surface area contributed by atoms with Gasteiger partial charge < -0.3 is 41.9 Å². The van der Waals surface area contributed by atoms with Gasteiger partial charge in [-0.15, -0.1) is 0 Å². The fraction of sp³-hybridized carbons (Fsp3) is 0.214. The molecule has 0 radical (unpaired) electrons. The van der Waals surface area contributed by atoms with Gasteiger partial charge in [-0.3, -0.25) is 0 Å². The van der Waals surface area contributed by atoms with Gasteiger partial charge in [-0.05, 0) is 171 Å². The van der Waals surface area contributed by atoms with Crippen molar-refractivity contribution in [2.45, 2.75) is 25.7 Å². The summed E-state index contributed by atoms with van der Waals surface area (Å²) in [5, 5.41) is 0. The van der Waals surface area contributed by atoms with E-state index in [1.54, 1.807) is 0 Å². The minimum absolute atomic E-state index is 0.504. The third-order valence-electron chi connectivity index (χ3n) is 11.6. The molecule has 4 aromatic carbocycles. The Labute approximate surface area is 397 Å². The van der Waals surface area contributed by atoms with Gasteiger partial charge in [0.05, 0.1) is 72.1 Å². The molecule has 12 heteroatoms. The van der Waals surface area contributed by atoms with Crippen molar-refractivity contribution in [2.24, 2.45) is 42.9 Å². The van der Waals surface area contributed by atoms with E-state index in [-0.39, 0.29) is 0 Å². The Hall–Kier alpha value is -7.48. The van der Waals surface area contributed by atoms with Crippen molar-refractivity contribution < 1.29 is 18.9 Å². The lowest BCUT2D eigenvalue weighted by Crippen LogP contribution is -2.07. The summed E-state index contributed by atoms with van der Waals surface area (Å²) in [4.78, 5) is 21.8. The number of hydrogen-bond donors (Lipinski definition) is 4. The number of fused-ring (bicyclic) bond motifs is 4. The van der Waals surface area contributed by atoms with E-state index < -0.39 is 0 Å². The highest BCUT2D eigenvalue weighted by molar-refractivity contribution is 6.39. The van der Waals surface area contributed by atoms with Gasteiger partial charge in [-0.2, -0.15) is 0 Å². The van der Waals surface area contributed by atoms with Crippen molar-refractivity contribution in [3.8, 4) is 23.0 Å². The summed E-state index contributed by atoms with van der Waals surface area (Å²) in [6, 6.07) is 32.2. The number of nitrogens with two attached hydrogens (primary N) is 4. The summed E-state index contributed by atoms with van der Waals surface area (Å²) in [6.45, 7) is 4.17. The fourth-order valence-electron chi connectivity index (χ4n) is 8.33. The third kappa shape index (κ3) is 10.4. The van der Waals surface area contributed by atoms with E-state index in [0.29, 0.717) is 52.6 Å². The maximum Gasteiger partial charge on any atom is 0.119 e. The zero-order valence-corrected chi connectivity index (χ0v) is 38.1. The third-order valence-corrected chi connectivity index (χ3v) is 11.6. The summed E-state index contributed by atoms with van der Waals surface area (Å²) in [7, 11) is 0. The van der Waals surface area contributed by atoms with Crippen molar-refractivity contribution in [3.63, 3.8) is 0 Å². The zero-order valence-electron chi connectivity index (χ0n) is 38.1. The highest BCUT2D eigenvalue weighted by Crippen LogP contribution is 2.40. The van der Waals surface area contributed by atoms with Crippen LogP contribution in [0.3, 0.4) is 0 Å². The average Bonchev–Trinajstić information content (AvgIpc) is 4.21. The van der Waals surface area contributed by atoms with Gasteiger partial charge >= 0.3 is 0 Å². The lowest BCUT2D eigenvalue weighted by atomic mass is 9.98. The lowest BCUT2D eigenvalue weighted by molar-refractivity contribution is 0.313. The predicted molar refractivity (Wildman–Crippen MR) is 276 cm³/mol. The first-order valence-corrected chi connectivity index (χ1v) is 23.3. The molecule has 0 saturated carbocycles. The molecule has 8 bridgehead atoms. The summed E-state index contributed by atoms with van der Waals surface area (Å²) in [5.74, 6) is 2.92. The zero-order chi connectivity index (χ0) is 46.7. The van der Waals surface area contributed by atoms with E-state index in [1.807, 2.05) is 72.8 Å². The smallest absolute Gasteiger partial charge is 0.119 e. The van der Waals surface area contributed by atoms with Gasteiger partial charge in [0.25, 0.3) is 0 Å². The molecule has 68 heavy (non-hydrogen) atoms. The molecule has 4 aromatic rings. The minimum Gasteiger partial charge on any atom is -0.494 e. The van der Waals surface area contributed by atoms with Crippen LogP contribution in [0.2, 0.25) is 0 Å². The van der Waals surface area contributed by atoms with E-state index in [0.717, 1.165) is 139 Å². The number of aliphatic imine (C=N–C) groups is 4. The van der Waals surface area contributed by atoms with Crippen LogP contribution in [0.4, 0.5) is 0 Å². The SMILES string of the molecule is NCCCOc1cccc(C2=C3C=CC(=N3)C(c3cccc(OCCCN)c3)=C3C=CC(=N3)C(c3cccc(OCCCN)c3)=C3C=CC(=N3)C(c3cccc(OCCCN)c3)=C3C=CC2=N3)c1. The quantitative estimate of drug-likeness (QED) is 0.0634. The van der Waals surface area contributed by atoms with E-state index >= 15 is 0 Å². The molecular weight excluding hydrogens is 849 g/mol. The Morgan fingerprint density at radius 1 is 0.309 bits per heavy atom. The van der Waals surface area contributed by atoms with Gasteiger partial charge in [-0.25, -0.2) is 20.0 Å². The molecule has 5 aliphatic heterocycles. The monoisotopic (exact) mass is 904 g/mol. The standard InChI is InChI=1S/C56H56N8O4/c57-25-5-29-65-41-13-1-9-37(33-41)53-45-17-19-47(61-45)54(38-10-2-14-42(34-38)66-30-6-26-58)49-21-23-51(63-49)56(40-12-4-16-44(36-40)68-32-8-28-60)52-24-22-50(64-52)55(48-20-18-46(53)62-48)39-11-3-15-43(35-39)67-31-7-27-59/h1-4,9-24,33-36H,5-8,25-32,57-60H2. The lowest BCUT2D eigenvalue weighted by Gasteiger charge is -2.14. The summed E-state index contributed by atoms with van der Waals surface area (Å²) >= 11 is 0. The molecule has 0 saturated heterocycles. The Kier molecular flexibility index (Phi) is 14.7. The van der Waals surface area contributed by atoms with Crippen LogP contribution in [-0.2, 0) is 0 Å². The first-order chi connectivity index (χ1) is 33.5. The molecular formula is C56H56N8O4. The molecule has 0 unspecified atom stereocenters. The van der Waals surface area contributed by atoms with Crippen LogP contribution < -0.4 is 41.9 Å². The number of rotatable bonds is 20. The minimum atomic E-state index is 0.504. The topological polar surface area (TPSA) is 190 Å². The fourth-order valence-corrected chi connectivity index (χ4v) is 8.33. The van der Waals surface area contributed by atoms with Crippen molar-refractivity contribution in [1.82, 2.24) is 0 Å². The number of allylic oxidation sites excluding steroid dienone is 12. The number of ether oxygens (including phenoxy) is 4. The Balaban J connectivity index is 1.29. The Morgan fingerprint density at radius 3 is 0.765 bits per heavy atom. The van der Waals surface area contributed by atoms with Crippen LogP contribution in [0.1, 0.15) is 47.9 Å². The van der Waals surface area contributed by atoms with Crippen molar-refractivity contribution in [1.29, 1.82) is 0 Å². The van der Waals surface area contributed by atoms with E-state index in [1.165, 1.54) is 0 Å². The van der Waals surface area contributed by atoms with Crippen LogP contribution in [-0.4, -0.2) is 75.5 Å². The molecule has 344 valence electrons. The maximum atomic E-state index is 6.18. The molecule has 0 amide bonds. The molecule has 5 heterocycles. The van der Waals surface area contributed by atoms with Crippen molar-refractivity contribution >= 4 is 45.1 Å². The first-order valence-electron chi connectivity index (χ1n) is 23.3. The predicted octanol–water partition coefficient (Wildman–Crippen LogP) is 8.60. The molecule has 0 spiro atoms. The second kappa shape index (κ2) is 21.9. The van der Waals surface area contributed by atoms with E-state index in [9.17, 15) is 0 Å². The van der Waals surface area contributed by atoms with Crippen LogP contribution >= 0.6 is 0 Å². The van der Waals surface area contributed by atoms with Gasteiger partial charge in [-0.1, -0.05) is 48.5 Å². The van der Waals surface area contributed by atoms with Crippen LogP contribution in [0, 0.1) is 0 Å². The second-order valence-corrected chi connectivity index (χ2v) is 16.4. The highest BCUT2D eigenvalue weighted by atomic mass is 16.5. The Bertz CT molecular complexity index is 2560. The first kappa shape index (κ1) is 45.7. The van der Waals surface area contributed by atoms with Gasteiger partial charge in [0, 0.05) is 22.3 Å². The summed E-state index contributed by atoms with van der Waals surface area (Å²) < 4.78 is 24.7. The normalized spacial score (nSPS) is 15.9. The number of benzene rings is 4. The molecule has 12 nitrogen and oxygen atoms in total. The highest BCUT2D eigenvalue weighted by Gasteiger charge is 2.28. The maximum absolute atomic E-state index is 6.18. The number of hydrogen-bond acceptors (Lipinski definition) is 12. The molecule has 0 atom stereocenters. The second-order valence-electron chi connectivity index (χ2n) is 16.4. The van der Waals surface area contributed by atoms with Crippen molar-refractivity contribution in [2.75, 3.05) is 52.6 Å². The van der Waals surface area contributed by atoms with Crippen LogP contribution in [0.25, 0.3) is 22.3 Å². The summed E-state index contributed by atoms with van der Waals surface area (Å²) in [6.07, 6.45) is 19.4.